The van der Waals surface area contributed by atoms with Crippen LogP contribution in [0.25, 0.3) is 0 Å². The standard InChI is InChI=1S/C35H33N5O6/c1-46-31-18-22(6-11-29(31)38-35(45)40-17-14-24-4-2-3-5-30(24)40)19-32(41)37-26-9-7-23(8-10-26)27-20-39(21-28(27)34(43)44)33(42)25-12-15-36-16-13-25/h2-13,15-16,18,27-28H,14,17,19-21H2,1H3,(H,37,41)(H,38,45)(H,43,44). The van der Waals surface area contributed by atoms with Crippen LogP contribution in [-0.2, 0) is 22.4 Å². The molecule has 11 heteroatoms. The molecule has 46 heavy (non-hydrogen) atoms. The smallest absolute Gasteiger partial charge is 0.326 e. The van der Waals surface area contributed by atoms with Gasteiger partial charge in [-0.15, -0.1) is 0 Å². The molecule has 2 aliphatic rings. The molecule has 234 valence electrons. The van der Waals surface area contributed by atoms with E-state index >= 15 is 0 Å². The summed E-state index contributed by atoms with van der Waals surface area (Å²) in [5.41, 5.74) is 5.02. The van der Waals surface area contributed by atoms with Gasteiger partial charge < -0.3 is 25.4 Å². The number of methoxy groups -OCH3 is 1. The summed E-state index contributed by atoms with van der Waals surface area (Å²) in [7, 11) is 1.51. The minimum Gasteiger partial charge on any atom is -0.495 e. The van der Waals surface area contributed by atoms with Crippen molar-refractivity contribution in [2.45, 2.75) is 18.8 Å². The lowest BCUT2D eigenvalue weighted by Gasteiger charge is -2.19. The molecule has 6 rings (SSSR count). The van der Waals surface area contributed by atoms with Crippen molar-refractivity contribution in [3.8, 4) is 5.75 Å². The maximum absolute atomic E-state index is 13.0. The van der Waals surface area contributed by atoms with E-state index in [-0.39, 0.29) is 43.3 Å². The molecule has 0 aliphatic carbocycles. The Morgan fingerprint density at radius 1 is 0.935 bits per heavy atom. The average molecular weight is 620 g/mol. The Morgan fingerprint density at radius 3 is 2.43 bits per heavy atom. The van der Waals surface area contributed by atoms with E-state index in [1.807, 2.05) is 24.3 Å². The first-order valence-electron chi connectivity index (χ1n) is 15.0. The van der Waals surface area contributed by atoms with Crippen molar-refractivity contribution >= 4 is 40.9 Å². The lowest BCUT2D eigenvalue weighted by molar-refractivity contribution is -0.141. The van der Waals surface area contributed by atoms with Gasteiger partial charge in [0.1, 0.15) is 5.75 Å². The summed E-state index contributed by atoms with van der Waals surface area (Å²) in [5, 5.41) is 15.7. The van der Waals surface area contributed by atoms with Crippen LogP contribution >= 0.6 is 0 Å². The number of aliphatic carboxylic acids is 1. The number of pyridine rings is 1. The number of amides is 4. The fourth-order valence-electron chi connectivity index (χ4n) is 6.12. The van der Waals surface area contributed by atoms with E-state index in [9.17, 15) is 24.3 Å². The third-order valence-electron chi connectivity index (χ3n) is 8.48. The van der Waals surface area contributed by atoms with E-state index in [4.69, 9.17) is 4.74 Å². The number of carbonyl (C=O) groups excluding carboxylic acids is 3. The van der Waals surface area contributed by atoms with Crippen molar-refractivity contribution in [1.29, 1.82) is 0 Å². The van der Waals surface area contributed by atoms with Gasteiger partial charge in [-0.25, -0.2) is 4.79 Å². The third-order valence-corrected chi connectivity index (χ3v) is 8.48. The molecule has 2 atom stereocenters. The van der Waals surface area contributed by atoms with Gasteiger partial charge in [0, 0.05) is 54.9 Å². The number of ether oxygens (including phenoxy) is 1. The second-order valence-electron chi connectivity index (χ2n) is 11.3. The zero-order chi connectivity index (χ0) is 32.2. The number of carboxylic acid groups (broad SMARTS) is 1. The SMILES string of the molecule is COc1cc(CC(=O)Nc2ccc(C3CN(C(=O)c4ccncc4)CC3C(=O)O)cc2)ccc1NC(=O)N1CCc2ccccc21. The highest BCUT2D eigenvalue weighted by Crippen LogP contribution is 2.35. The Labute approximate surface area is 265 Å². The first kappa shape index (κ1) is 30.3. The molecule has 1 saturated heterocycles. The number of carboxylic acids is 1. The molecule has 0 spiro atoms. The fraction of sp³-hybridized carbons (Fsp3) is 0.229. The van der Waals surface area contributed by atoms with E-state index in [2.05, 4.69) is 15.6 Å². The van der Waals surface area contributed by atoms with Gasteiger partial charge in [-0.3, -0.25) is 24.3 Å². The largest absolute Gasteiger partial charge is 0.495 e. The van der Waals surface area contributed by atoms with Gasteiger partial charge in [0.2, 0.25) is 5.91 Å². The molecular weight excluding hydrogens is 586 g/mol. The summed E-state index contributed by atoms with van der Waals surface area (Å²) in [5.74, 6) is -2.14. The van der Waals surface area contributed by atoms with E-state index in [1.165, 1.54) is 19.5 Å². The third kappa shape index (κ3) is 6.39. The molecule has 4 amide bonds. The molecule has 0 bridgehead atoms. The molecule has 4 aromatic rings. The van der Waals surface area contributed by atoms with Gasteiger partial charge in [-0.05, 0) is 65.6 Å². The number of hydrogen-bond acceptors (Lipinski definition) is 6. The molecule has 2 unspecified atom stereocenters. The Balaban J connectivity index is 1.07. The number of likely N-dealkylation sites (tertiary alicyclic amines) is 1. The summed E-state index contributed by atoms with van der Waals surface area (Å²) in [4.78, 5) is 58.1. The predicted octanol–water partition coefficient (Wildman–Crippen LogP) is 4.81. The maximum Gasteiger partial charge on any atom is 0.326 e. The van der Waals surface area contributed by atoms with Gasteiger partial charge in [-0.2, -0.15) is 0 Å². The first-order chi connectivity index (χ1) is 22.3. The first-order valence-corrected chi connectivity index (χ1v) is 15.0. The molecule has 1 fully saturated rings. The quantitative estimate of drug-likeness (QED) is 0.257. The van der Waals surface area contributed by atoms with Crippen molar-refractivity contribution < 1.29 is 29.0 Å². The van der Waals surface area contributed by atoms with Crippen LogP contribution in [0, 0.1) is 5.92 Å². The van der Waals surface area contributed by atoms with Crippen LogP contribution in [0.2, 0.25) is 0 Å². The van der Waals surface area contributed by atoms with E-state index < -0.39 is 11.9 Å². The minimum atomic E-state index is -0.963. The predicted molar refractivity (Wildman–Crippen MR) is 172 cm³/mol. The van der Waals surface area contributed by atoms with Crippen LogP contribution in [-0.4, -0.2) is 65.5 Å². The highest BCUT2D eigenvalue weighted by atomic mass is 16.5. The Kier molecular flexibility index (Phi) is 8.64. The summed E-state index contributed by atoms with van der Waals surface area (Å²) in [6.07, 6.45) is 3.93. The monoisotopic (exact) mass is 619 g/mol. The second-order valence-corrected chi connectivity index (χ2v) is 11.3. The summed E-state index contributed by atoms with van der Waals surface area (Å²) < 4.78 is 5.52. The number of carbonyl (C=O) groups is 4. The van der Waals surface area contributed by atoms with Crippen molar-refractivity contribution in [1.82, 2.24) is 9.88 Å². The molecule has 0 saturated carbocycles. The molecule has 1 aromatic heterocycles. The van der Waals surface area contributed by atoms with Gasteiger partial charge in [0.15, 0.2) is 0 Å². The number of para-hydroxylation sites is 1. The molecular formula is C35H33N5O6. The van der Waals surface area contributed by atoms with Gasteiger partial charge in [-0.1, -0.05) is 36.4 Å². The number of fused-ring (bicyclic) bond motifs is 1. The summed E-state index contributed by atoms with van der Waals surface area (Å²) in [6, 6.07) is 23.0. The van der Waals surface area contributed by atoms with Gasteiger partial charge >= 0.3 is 12.0 Å². The number of urea groups is 1. The van der Waals surface area contributed by atoms with Crippen molar-refractivity contribution in [2.75, 3.05) is 42.3 Å². The average Bonchev–Trinajstić information content (AvgIpc) is 3.72. The number of rotatable bonds is 8. The van der Waals surface area contributed by atoms with Gasteiger partial charge in [0.05, 0.1) is 25.1 Å². The number of hydrogen-bond donors (Lipinski definition) is 3. The van der Waals surface area contributed by atoms with Gasteiger partial charge in [0.25, 0.3) is 5.91 Å². The highest BCUT2D eigenvalue weighted by molar-refractivity contribution is 6.04. The Bertz CT molecular complexity index is 1780. The molecule has 3 N–H and O–H groups in total. The second kappa shape index (κ2) is 13.1. The van der Waals surface area contributed by atoms with Crippen molar-refractivity contribution in [3.05, 3.63) is 114 Å². The summed E-state index contributed by atoms with van der Waals surface area (Å²) >= 11 is 0. The molecule has 3 aromatic carbocycles. The molecule has 0 radical (unpaired) electrons. The Hall–Kier alpha value is -5.71. The van der Waals surface area contributed by atoms with Crippen molar-refractivity contribution in [2.24, 2.45) is 5.92 Å². The van der Waals surface area contributed by atoms with E-state index in [0.717, 1.165) is 23.2 Å². The number of nitrogens with zero attached hydrogens (tertiary/aromatic N) is 3. The van der Waals surface area contributed by atoms with Crippen LogP contribution in [0.3, 0.4) is 0 Å². The number of anilines is 3. The number of benzene rings is 3. The lowest BCUT2D eigenvalue weighted by atomic mass is 9.89. The van der Waals surface area contributed by atoms with Crippen LogP contribution in [0.15, 0.2) is 91.3 Å². The van der Waals surface area contributed by atoms with E-state index in [1.54, 1.807) is 64.4 Å². The summed E-state index contributed by atoms with van der Waals surface area (Å²) in [6.45, 7) is 0.975. The lowest BCUT2D eigenvalue weighted by Crippen LogP contribution is -2.33. The Morgan fingerprint density at radius 2 is 1.70 bits per heavy atom. The van der Waals surface area contributed by atoms with Crippen LogP contribution in [0.1, 0.15) is 33.0 Å². The van der Waals surface area contributed by atoms with Crippen LogP contribution < -0.4 is 20.3 Å². The van der Waals surface area contributed by atoms with Crippen LogP contribution in [0.5, 0.6) is 5.75 Å². The normalized spacial score (nSPS) is 16.9. The van der Waals surface area contributed by atoms with Crippen molar-refractivity contribution in [3.63, 3.8) is 0 Å². The molecule has 3 heterocycles. The number of aromatic nitrogens is 1. The highest BCUT2D eigenvalue weighted by Gasteiger charge is 2.40. The zero-order valence-electron chi connectivity index (χ0n) is 25.2. The minimum absolute atomic E-state index is 0.0711. The van der Waals surface area contributed by atoms with E-state index in [0.29, 0.717) is 34.8 Å². The maximum atomic E-state index is 13.0. The zero-order valence-corrected chi connectivity index (χ0v) is 25.2. The molecule has 11 nitrogen and oxygen atoms in total. The van der Waals surface area contributed by atoms with Crippen LogP contribution in [0.4, 0.5) is 21.9 Å². The molecule has 2 aliphatic heterocycles. The topological polar surface area (TPSA) is 141 Å². The fourth-order valence-corrected chi connectivity index (χ4v) is 6.12. The number of nitrogens with one attached hydrogen (secondary N) is 2.